The van der Waals surface area contributed by atoms with E-state index in [2.05, 4.69) is 4.72 Å². The van der Waals surface area contributed by atoms with Crippen molar-refractivity contribution in [3.05, 3.63) is 58.1 Å². The molecule has 1 amide bonds. The lowest BCUT2D eigenvalue weighted by molar-refractivity contribution is -0.387. The van der Waals surface area contributed by atoms with Gasteiger partial charge in [-0.15, -0.1) is 0 Å². The number of sulfonamides is 1. The number of benzene rings is 2. The SMILES string of the molecule is COc1ccc(S(=O)(=O)Nc2ccccc2C(=O)N2CCCCC2)c([N+](=O)[O-])c1. The Kier molecular flexibility index (Phi) is 6.02. The number of carbonyl (C=O) groups excluding carboxylic acids is 1. The predicted octanol–water partition coefficient (Wildman–Crippen LogP) is 3.03. The number of methoxy groups -OCH3 is 1. The van der Waals surface area contributed by atoms with Crippen LogP contribution in [0.3, 0.4) is 0 Å². The Hall–Kier alpha value is -3.14. The Morgan fingerprint density at radius 3 is 2.48 bits per heavy atom. The number of nitro groups is 1. The molecule has 1 heterocycles. The topological polar surface area (TPSA) is 119 Å². The summed E-state index contributed by atoms with van der Waals surface area (Å²) < 4.78 is 33.1. The molecule has 0 spiro atoms. The van der Waals surface area contributed by atoms with E-state index in [1.54, 1.807) is 17.0 Å². The Bertz CT molecular complexity index is 1030. The van der Waals surface area contributed by atoms with Crippen LogP contribution < -0.4 is 9.46 Å². The van der Waals surface area contributed by atoms with E-state index in [-0.39, 0.29) is 22.9 Å². The maximum atomic E-state index is 12.9. The number of nitrogens with one attached hydrogen (secondary N) is 1. The summed E-state index contributed by atoms with van der Waals surface area (Å²) in [5.41, 5.74) is -0.334. The molecule has 0 saturated carbocycles. The van der Waals surface area contributed by atoms with Gasteiger partial charge in [0, 0.05) is 13.1 Å². The van der Waals surface area contributed by atoms with E-state index in [1.807, 2.05) is 0 Å². The number of rotatable bonds is 6. The second-order valence-corrected chi connectivity index (χ2v) is 8.25. The molecule has 10 heteroatoms. The molecule has 29 heavy (non-hydrogen) atoms. The lowest BCUT2D eigenvalue weighted by atomic mass is 10.1. The second kappa shape index (κ2) is 8.48. The van der Waals surface area contributed by atoms with Crippen LogP contribution in [0.25, 0.3) is 0 Å². The zero-order chi connectivity index (χ0) is 21.0. The number of anilines is 1. The fourth-order valence-corrected chi connectivity index (χ4v) is 4.45. The van der Waals surface area contributed by atoms with Crippen LogP contribution in [0.2, 0.25) is 0 Å². The molecule has 1 aliphatic rings. The minimum absolute atomic E-state index is 0.0770. The van der Waals surface area contributed by atoms with E-state index < -0.39 is 25.5 Å². The van der Waals surface area contributed by atoms with Crippen LogP contribution in [0.15, 0.2) is 47.4 Å². The van der Waals surface area contributed by atoms with Crippen molar-refractivity contribution < 1.29 is 22.9 Å². The molecule has 154 valence electrons. The van der Waals surface area contributed by atoms with Gasteiger partial charge in [-0.25, -0.2) is 8.42 Å². The molecule has 1 aliphatic heterocycles. The van der Waals surface area contributed by atoms with E-state index in [0.29, 0.717) is 13.1 Å². The molecule has 1 fully saturated rings. The molecular weight excluding hydrogens is 398 g/mol. The number of hydrogen-bond donors (Lipinski definition) is 1. The average Bonchev–Trinajstić information content (AvgIpc) is 2.73. The number of piperidine rings is 1. The summed E-state index contributed by atoms with van der Waals surface area (Å²) in [6, 6.07) is 9.71. The van der Waals surface area contributed by atoms with Gasteiger partial charge in [-0.3, -0.25) is 19.6 Å². The summed E-state index contributed by atoms with van der Waals surface area (Å²) >= 11 is 0. The van der Waals surface area contributed by atoms with E-state index >= 15 is 0 Å². The summed E-state index contributed by atoms with van der Waals surface area (Å²) in [5.74, 6) is -0.108. The molecule has 3 rings (SSSR count). The normalized spacial score (nSPS) is 14.3. The maximum absolute atomic E-state index is 12.9. The van der Waals surface area contributed by atoms with E-state index in [4.69, 9.17) is 4.74 Å². The first-order valence-electron chi connectivity index (χ1n) is 9.07. The highest BCUT2D eigenvalue weighted by atomic mass is 32.2. The fourth-order valence-electron chi connectivity index (χ4n) is 3.22. The number of likely N-dealkylation sites (tertiary alicyclic amines) is 1. The highest BCUT2D eigenvalue weighted by molar-refractivity contribution is 7.92. The standard InChI is InChI=1S/C19H21N3O6S/c1-28-14-9-10-18(17(13-14)22(24)25)29(26,27)20-16-8-4-3-7-15(16)19(23)21-11-5-2-6-12-21/h3-4,7-10,13,20H,2,5-6,11-12H2,1H3. The molecule has 1 N–H and O–H groups in total. The molecule has 0 aliphatic carbocycles. The van der Waals surface area contributed by atoms with Crippen molar-refractivity contribution in [2.75, 3.05) is 24.9 Å². The number of amides is 1. The summed E-state index contributed by atoms with van der Waals surface area (Å²) in [6.45, 7) is 1.23. The Morgan fingerprint density at radius 1 is 1.14 bits per heavy atom. The molecule has 0 aromatic heterocycles. The number of carbonyl (C=O) groups is 1. The van der Waals surface area contributed by atoms with Crippen LogP contribution in [0, 0.1) is 10.1 Å². The molecule has 0 atom stereocenters. The molecule has 0 bridgehead atoms. The van der Waals surface area contributed by atoms with Crippen molar-refractivity contribution >= 4 is 27.3 Å². The smallest absolute Gasteiger partial charge is 0.293 e. The van der Waals surface area contributed by atoms with Crippen LogP contribution in [-0.4, -0.2) is 44.3 Å². The third kappa shape index (κ3) is 4.48. The molecule has 2 aromatic rings. The fraction of sp³-hybridized carbons (Fsp3) is 0.316. The number of nitro benzene ring substituents is 1. The zero-order valence-electron chi connectivity index (χ0n) is 15.8. The summed E-state index contributed by atoms with van der Waals surface area (Å²) in [6.07, 6.45) is 2.86. The van der Waals surface area contributed by atoms with Crippen LogP contribution in [0.1, 0.15) is 29.6 Å². The molecule has 0 unspecified atom stereocenters. The van der Waals surface area contributed by atoms with Crippen LogP contribution in [0.5, 0.6) is 5.75 Å². The van der Waals surface area contributed by atoms with Gasteiger partial charge < -0.3 is 9.64 Å². The van der Waals surface area contributed by atoms with Gasteiger partial charge in [0.2, 0.25) is 0 Å². The number of hydrogen-bond acceptors (Lipinski definition) is 6. The first-order chi connectivity index (χ1) is 13.8. The zero-order valence-corrected chi connectivity index (χ0v) is 16.6. The van der Waals surface area contributed by atoms with Gasteiger partial charge in [0.25, 0.3) is 21.6 Å². The number of para-hydroxylation sites is 1. The highest BCUT2D eigenvalue weighted by Gasteiger charge is 2.28. The monoisotopic (exact) mass is 419 g/mol. The van der Waals surface area contributed by atoms with Crippen molar-refractivity contribution in [3.8, 4) is 5.75 Å². The number of nitrogens with zero attached hydrogens (tertiary/aromatic N) is 2. The van der Waals surface area contributed by atoms with Crippen molar-refractivity contribution in [2.45, 2.75) is 24.2 Å². The van der Waals surface area contributed by atoms with Gasteiger partial charge in [0.1, 0.15) is 5.75 Å². The molecule has 0 radical (unpaired) electrons. The molecule has 1 saturated heterocycles. The first-order valence-corrected chi connectivity index (χ1v) is 10.6. The summed E-state index contributed by atoms with van der Waals surface area (Å²) in [7, 11) is -2.99. The van der Waals surface area contributed by atoms with Crippen molar-refractivity contribution in [3.63, 3.8) is 0 Å². The van der Waals surface area contributed by atoms with Gasteiger partial charge in [0.15, 0.2) is 4.90 Å². The second-order valence-electron chi connectivity index (χ2n) is 6.59. The highest BCUT2D eigenvalue weighted by Crippen LogP contribution is 2.30. The quantitative estimate of drug-likeness (QED) is 0.568. The Balaban J connectivity index is 1.96. The molecule has 2 aromatic carbocycles. The lowest BCUT2D eigenvalue weighted by Gasteiger charge is -2.27. The van der Waals surface area contributed by atoms with E-state index in [0.717, 1.165) is 31.4 Å². The van der Waals surface area contributed by atoms with Crippen molar-refractivity contribution in [1.82, 2.24) is 4.90 Å². The van der Waals surface area contributed by atoms with Gasteiger partial charge in [-0.1, -0.05) is 12.1 Å². The third-order valence-corrected chi connectivity index (χ3v) is 6.11. The van der Waals surface area contributed by atoms with Gasteiger partial charge in [0.05, 0.1) is 29.4 Å². The minimum atomic E-state index is -4.32. The summed E-state index contributed by atoms with van der Waals surface area (Å²) in [5, 5.41) is 11.4. The average molecular weight is 419 g/mol. The van der Waals surface area contributed by atoms with Crippen LogP contribution in [0.4, 0.5) is 11.4 Å². The summed E-state index contributed by atoms with van der Waals surface area (Å²) in [4.78, 5) is 24.6. The third-order valence-electron chi connectivity index (χ3n) is 4.70. The maximum Gasteiger partial charge on any atom is 0.293 e. The van der Waals surface area contributed by atoms with E-state index in [1.165, 1.54) is 25.3 Å². The molecule has 9 nitrogen and oxygen atoms in total. The predicted molar refractivity (Wildman–Crippen MR) is 107 cm³/mol. The van der Waals surface area contributed by atoms with Gasteiger partial charge >= 0.3 is 0 Å². The Morgan fingerprint density at radius 2 is 1.83 bits per heavy atom. The molecular formula is C19H21N3O6S. The number of ether oxygens (including phenoxy) is 1. The first kappa shape index (κ1) is 20.6. The van der Waals surface area contributed by atoms with Crippen LogP contribution >= 0.6 is 0 Å². The lowest BCUT2D eigenvalue weighted by Crippen LogP contribution is -2.36. The Labute approximate surface area is 168 Å². The minimum Gasteiger partial charge on any atom is -0.497 e. The van der Waals surface area contributed by atoms with Crippen LogP contribution in [-0.2, 0) is 10.0 Å². The largest absolute Gasteiger partial charge is 0.497 e. The van der Waals surface area contributed by atoms with Crippen molar-refractivity contribution in [1.29, 1.82) is 0 Å². The van der Waals surface area contributed by atoms with Gasteiger partial charge in [-0.2, -0.15) is 0 Å². The van der Waals surface area contributed by atoms with Crippen molar-refractivity contribution in [2.24, 2.45) is 0 Å². The van der Waals surface area contributed by atoms with E-state index in [9.17, 15) is 23.3 Å². The van der Waals surface area contributed by atoms with Gasteiger partial charge in [-0.05, 0) is 43.5 Å².